The molecule has 2 aliphatic heterocycles. The summed E-state index contributed by atoms with van der Waals surface area (Å²) in [6, 6.07) is 4.43. The first-order chi connectivity index (χ1) is 9.29. The van der Waals surface area contributed by atoms with Gasteiger partial charge in [0, 0.05) is 25.1 Å². The van der Waals surface area contributed by atoms with Crippen LogP contribution >= 0.6 is 11.3 Å². The van der Waals surface area contributed by atoms with E-state index in [0.29, 0.717) is 0 Å². The predicted molar refractivity (Wildman–Crippen MR) is 75.2 cm³/mol. The lowest BCUT2D eigenvalue weighted by Gasteiger charge is -2.26. The second-order valence-corrected chi connectivity index (χ2v) is 6.24. The zero-order valence-corrected chi connectivity index (χ0v) is 12.0. The van der Waals surface area contributed by atoms with E-state index in [4.69, 9.17) is 4.74 Å². The van der Waals surface area contributed by atoms with Crippen molar-refractivity contribution in [2.24, 2.45) is 0 Å². The number of likely N-dealkylation sites (tertiary alicyclic amines) is 1. The monoisotopic (exact) mass is 280 g/mol. The molecule has 5 heteroatoms. The minimum absolute atomic E-state index is 0.0643. The number of carbonyl (C=O) groups is 1. The maximum atomic E-state index is 12.6. The summed E-state index contributed by atoms with van der Waals surface area (Å²) in [7, 11) is 1.71. The van der Waals surface area contributed by atoms with Crippen molar-refractivity contribution in [2.45, 2.75) is 37.5 Å². The average Bonchev–Trinajstić information content (AvgIpc) is 3.16. The number of thiophene rings is 1. The third-order valence-electron chi connectivity index (χ3n) is 4.13. The summed E-state index contributed by atoms with van der Waals surface area (Å²) in [5.41, 5.74) is 0. The first-order valence-electron chi connectivity index (χ1n) is 6.89. The maximum Gasteiger partial charge on any atom is 0.240 e. The van der Waals surface area contributed by atoms with Gasteiger partial charge in [0.15, 0.2) is 0 Å². The van der Waals surface area contributed by atoms with Gasteiger partial charge in [0.25, 0.3) is 0 Å². The molecule has 104 valence electrons. The van der Waals surface area contributed by atoms with Crippen LogP contribution in [0.1, 0.15) is 30.2 Å². The molecule has 0 saturated carbocycles. The molecule has 19 heavy (non-hydrogen) atoms. The number of nitrogens with zero attached hydrogens (tertiary/aromatic N) is 1. The molecule has 0 aromatic carbocycles. The van der Waals surface area contributed by atoms with Crippen LogP contribution < -0.4 is 5.32 Å². The highest BCUT2D eigenvalue weighted by atomic mass is 32.1. The Morgan fingerprint density at radius 1 is 1.58 bits per heavy atom. The molecule has 3 atom stereocenters. The molecule has 3 heterocycles. The van der Waals surface area contributed by atoms with Crippen LogP contribution in [0.5, 0.6) is 0 Å². The van der Waals surface area contributed by atoms with E-state index in [1.807, 2.05) is 0 Å². The van der Waals surface area contributed by atoms with Crippen LogP contribution in [0.25, 0.3) is 0 Å². The van der Waals surface area contributed by atoms with Crippen LogP contribution in [0, 0.1) is 0 Å². The molecule has 2 aliphatic rings. The van der Waals surface area contributed by atoms with E-state index in [1.165, 1.54) is 4.88 Å². The smallest absolute Gasteiger partial charge is 0.240 e. The number of hydrogen-bond acceptors (Lipinski definition) is 4. The van der Waals surface area contributed by atoms with Gasteiger partial charge >= 0.3 is 0 Å². The molecular weight excluding hydrogens is 260 g/mol. The zero-order chi connectivity index (χ0) is 13.2. The molecule has 0 spiro atoms. The summed E-state index contributed by atoms with van der Waals surface area (Å²) < 4.78 is 5.32. The van der Waals surface area contributed by atoms with Crippen molar-refractivity contribution in [1.29, 1.82) is 0 Å². The molecule has 1 amide bonds. The molecule has 1 aromatic rings. The van der Waals surface area contributed by atoms with E-state index in [9.17, 15) is 4.79 Å². The largest absolute Gasteiger partial charge is 0.380 e. The number of nitrogens with one attached hydrogen (secondary N) is 1. The van der Waals surface area contributed by atoms with Crippen molar-refractivity contribution in [3.05, 3.63) is 22.4 Å². The van der Waals surface area contributed by atoms with Gasteiger partial charge in [-0.1, -0.05) is 6.07 Å². The van der Waals surface area contributed by atoms with Gasteiger partial charge in [-0.3, -0.25) is 4.79 Å². The summed E-state index contributed by atoms with van der Waals surface area (Å²) in [5.74, 6) is 0.246. The molecule has 0 radical (unpaired) electrons. The maximum absolute atomic E-state index is 12.6. The van der Waals surface area contributed by atoms with E-state index in [-0.39, 0.29) is 24.1 Å². The molecule has 0 bridgehead atoms. The predicted octanol–water partition coefficient (Wildman–Crippen LogP) is 1.79. The van der Waals surface area contributed by atoms with E-state index < -0.39 is 0 Å². The highest BCUT2D eigenvalue weighted by Crippen LogP contribution is 2.35. The highest BCUT2D eigenvalue weighted by molar-refractivity contribution is 7.10. The Labute approximate surface area is 117 Å². The van der Waals surface area contributed by atoms with E-state index in [2.05, 4.69) is 27.7 Å². The molecule has 3 rings (SSSR count). The van der Waals surface area contributed by atoms with Crippen molar-refractivity contribution < 1.29 is 9.53 Å². The minimum atomic E-state index is -0.0643. The lowest BCUT2D eigenvalue weighted by atomic mass is 10.1. The van der Waals surface area contributed by atoms with Crippen LogP contribution in [0.3, 0.4) is 0 Å². The first-order valence-corrected chi connectivity index (χ1v) is 7.77. The van der Waals surface area contributed by atoms with Gasteiger partial charge in [-0.15, -0.1) is 11.3 Å². The summed E-state index contributed by atoms with van der Waals surface area (Å²) in [4.78, 5) is 16.0. The fourth-order valence-electron chi connectivity index (χ4n) is 3.08. The van der Waals surface area contributed by atoms with Crippen molar-refractivity contribution in [1.82, 2.24) is 10.2 Å². The van der Waals surface area contributed by atoms with Gasteiger partial charge in [0.2, 0.25) is 5.91 Å². The standard InChI is InChI=1S/C14H20N2O2S/c1-18-10-8-11(15-9-10)14(17)16-6-2-4-12(16)13-5-3-7-19-13/h3,5,7,10-12,15H,2,4,6,8-9H2,1H3. The van der Waals surface area contributed by atoms with Crippen LogP contribution in [0.15, 0.2) is 17.5 Å². The first kappa shape index (κ1) is 13.1. The number of amides is 1. The van der Waals surface area contributed by atoms with Crippen molar-refractivity contribution >= 4 is 17.2 Å². The van der Waals surface area contributed by atoms with Crippen LogP contribution in [0.2, 0.25) is 0 Å². The quantitative estimate of drug-likeness (QED) is 0.918. The Morgan fingerprint density at radius 3 is 3.16 bits per heavy atom. The highest BCUT2D eigenvalue weighted by Gasteiger charge is 2.37. The Bertz CT molecular complexity index is 435. The van der Waals surface area contributed by atoms with Gasteiger partial charge in [-0.2, -0.15) is 0 Å². The molecule has 2 fully saturated rings. The van der Waals surface area contributed by atoms with E-state index in [0.717, 1.165) is 32.4 Å². The van der Waals surface area contributed by atoms with Gasteiger partial charge in [0.1, 0.15) is 0 Å². The molecular formula is C14H20N2O2S. The molecule has 3 unspecified atom stereocenters. The number of rotatable bonds is 3. The van der Waals surface area contributed by atoms with Gasteiger partial charge in [-0.05, 0) is 30.7 Å². The molecule has 0 aliphatic carbocycles. The summed E-state index contributed by atoms with van der Waals surface area (Å²) in [6.45, 7) is 1.67. The summed E-state index contributed by atoms with van der Waals surface area (Å²) >= 11 is 1.75. The van der Waals surface area contributed by atoms with Crippen molar-refractivity contribution in [2.75, 3.05) is 20.2 Å². The number of ether oxygens (including phenoxy) is 1. The van der Waals surface area contributed by atoms with E-state index in [1.54, 1.807) is 18.4 Å². The van der Waals surface area contributed by atoms with Gasteiger partial charge in [0.05, 0.1) is 18.2 Å². The van der Waals surface area contributed by atoms with Crippen LogP contribution in [-0.4, -0.2) is 43.2 Å². The summed E-state index contributed by atoms with van der Waals surface area (Å²) in [6.07, 6.45) is 3.17. The van der Waals surface area contributed by atoms with Crippen molar-refractivity contribution in [3.8, 4) is 0 Å². The molecule has 1 aromatic heterocycles. The fraction of sp³-hybridized carbons (Fsp3) is 0.643. The number of carbonyl (C=O) groups excluding carboxylic acids is 1. The molecule has 2 saturated heterocycles. The third kappa shape index (κ3) is 2.55. The van der Waals surface area contributed by atoms with E-state index >= 15 is 0 Å². The Morgan fingerprint density at radius 2 is 2.47 bits per heavy atom. The van der Waals surface area contributed by atoms with Crippen LogP contribution in [0.4, 0.5) is 0 Å². The zero-order valence-electron chi connectivity index (χ0n) is 11.2. The fourth-order valence-corrected chi connectivity index (χ4v) is 3.95. The molecule has 4 nitrogen and oxygen atoms in total. The third-order valence-corrected chi connectivity index (χ3v) is 5.10. The van der Waals surface area contributed by atoms with Crippen molar-refractivity contribution in [3.63, 3.8) is 0 Å². The lowest BCUT2D eigenvalue weighted by molar-refractivity contribution is -0.134. The Balaban J connectivity index is 1.69. The second-order valence-electron chi connectivity index (χ2n) is 5.26. The topological polar surface area (TPSA) is 41.6 Å². The molecule has 1 N–H and O–H groups in total. The SMILES string of the molecule is COC1CNC(C(=O)N2CCCC2c2cccs2)C1. The lowest BCUT2D eigenvalue weighted by Crippen LogP contribution is -2.43. The normalized spacial score (nSPS) is 31.0. The van der Waals surface area contributed by atoms with Gasteiger partial charge in [-0.25, -0.2) is 0 Å². The van der Waals surface area contributed by atoms with Crippen LogP contribution in [-0.2, 0) is 9.53 Å². The number of methoxy groups -OCH3 is 1. The minimum Gasteiger partial charge on any atom is -0.380 e. The Kier molecular flexibility index (Phi) is 3.86. The van der Waals surface area contributed by atoms with Gasteiger partial charge < -0.3 is 15.0 Å². The summed E-state index contributed by atoms with van der Waals surface area (Å²) in [5, 5.41) is 5.38. The number of hydrogen-bond donors (Lipinski definition) is 1. The Hall–Kier alpha value is -0.910. The second kappa shape index (κ2) is 5.61. The average molecular weight is 280 g/mol.